The number of alkyl halides is 3. The van der Waals surface area contributed by atoms with Gasteiger partial charge in [0.2, 0.25) is 11.7 Å². The third kappa shape index (κ3) is 7.91. The number of rotatable bonds is 10. The van der Waals surface area contributed by atoms with Gasteiger partial charge in [0.05, 0.1) is 12.1 Å². The summed E-state index contributed by atoms with van der Waals surface area (Å²) in [5.74, 6) is -0.902. The monoisotopic (exact) mass is 557 g/mol. The molecule has 4 rings (SSSR count). The number of amides is 2. The Balaban J connectivity index is 1.20. The largest absolute Gasteiger partial charge is 0.416 e. The van der Waals surface area contributed by atoms with Crippen LogP contribution in [0.4, 0.5) is 13.2 Å². The molecule has 1 heterocycles. The SMILES string of the molecule is CN(C)C(CCc1ccccc1)C1CCC(NC(=O)CNC(=O)c2nc(-c3ccc(C(F)(F)F)cc3)no2)CC1. The zero-order valence-electron chi connectivity index (χ0n) is 22.6. The van der Waals surface area contributed by atoms with Crippen LogP contribution in [0.1, 0.15) is 53.9 Å². The van der Waals surface area contributed by atoms with Gasteiger partial charge in [-0.25, -0.2) is 0 Å². The van der Waals surface area contributed by atoms with Gasteiger partial charge < -0.3 is 20.1 Å². The Bertz CT molecular complexity index is 1250. The van der Waals surface area contributed by atoms with Crippen molar-refractivity contribution < 1.29 is 27.3 Å². The van der Waals surface area contributed by atoms with E-state index in [1.54, 1.807) is 0 Å². The van der Waals surface area contributed by atoms with Crippen LogP contribution in [0, 0.1) is 5.92 Å². The minimum Gasteiger partial charge on any atom is -0.352 e. The highest BCUT2D eigenvalue weighted by Crippen LogP contribution is 2.32. The summed E-state index contributed by atoms with van der Waals surface area (Å²) in [5.41, 5.74) is 0.798. The number of hydrogen-bond acceptors (Lipinski definition) is 6. The third-order valence-electron chi connectivity index (χ3n) is 7.42. The highest BCUT2D eigenvalue weighted by molar-refractivity contribution is 5.93. The molecule has 1 unspecified atom stereocenters. The highest BCUT2D eigenvalue weighted by Gasteiger charge is 2.31. The van der Waals surface area contributed by atoms with E-state index in [2.05, 4.69) is 64.0 Å². The number of carbonyl (C=O) groups is 2. The van der Waals surface area contributed by atoms with Crippen molar-refractivity contribution in [2.24, 2.45) is 5.92 Å². The van der Waals surface area contributed by atoms with Gasteiger partial charge in [-0.1, -0.05) is 47.6 Å². The van der Waals surface area contributed by atoms with Gasteiger partial charge >= 0.3 is 18.0 Å². The average Bonchev–Trinajstić information content (AvgIpc) is 3.43. The van der Waals surface area contributed by atoms with Crippen LogP contribution in [0.15, 0.2) is 59.1 Å². The van der Waals surface area contributed by atoms with E-state index in [9.17, 15) is 22.8 Å². The van der Waals surface area contributed by atoms with Crippen LogP contribution >= 0.6 is 0 Å². The van der Waals surface area contributed by atoms with Gasteiger partial charge in [-0.2, -0.15) is 18.2 Å². The third-order valence-corrected chi connectivity index (χ3v) is 7.42. The minimum absolute atomic E-state index is 0.0279. The van der Waals surface area contributed by atoms with Crippen molar-refractivity contribution in [2.45, 2.75) is 56.8 Å². The summed E-state index contributed by atoms with van der Waals surface area (Å²) in [6.07, 6.45) is 1.44. The molecule has 2 aromatic carbocycles. The molecule has 2 N–H and O–H groups in total. The second-order valence-electron chi connectivity index (χ2n) is 10.4. The predicted octanol–water partition coefficient (Wildman–Crippen LogP) is 4.72. The van der Waals surface area contributed by atoms with Crippen LogP contribution < -0.4 is 10.6 Å². The van der Waals surface area contributed by atoms with E-state index in [1.165, 1.54) is 17.7 Å². The molecule has 1 atom stereocenters. The molecule has 0 aliphatic heterocycles. The van der Waals surface area contributed by atoms with Crippen LogP contribution in [-0.4, -0.2) is 59.6 Å². The lowest BCUT2D eigenvalue weighted by Crippen LogP contribution is -2.45. The molecule has 8 nitrogen and oxygen atoms in total. The number of benzene rings is 2. The average molecular weight is 558 g/mol. The lowest BCUT2D eigenvalue weighted by Gasteiger charge is -2.37. The van der Waals surface area contributed by atoms with E-state index >= 15 is 0 Å². The first-order valence-corrected chi connectivity index (χ1v) is 13.4. The van der Waals surface area contributed by atoms with Gasteiger partial charge in [0.15, 0.2) is 0 Å². The lowest BCUT2D eigenvalue weighted by atomic mass is 9.79. The van der Waals surface area contributed by atoms with E-state index in [0.717, 1.165) is 50.7 Å². The van der Waals surface area contributed by atoms with Gasteiger partial charge in [-0.15, -0.1) is 0 Å². The predicted molar refractivity (Wildman–Crippen MR) is 143 cm³/mol. The molecular weight excluding hydrogens is 523 g/mol. The summed E-state index contributed by atoms with van der Waals surface area (Å²) >= 11 is 0. The zero-order chi connectivity index (χ0) is 28.7. The zero-order valence-corrected chi connectivity index (χ0v) is 22.6. The molecule has 1 fully saturated rings. The Morgan fingerprint density at radius 2 is 1.70 bits per heavy atom. The quantitative estimate of drug-likeness (QED) is 0.374. The Morgan fingerprint density at radius 3 is 2.33 bits per heavy atom. The fourth-order valence-electron chi connectivity index (χ4n) is 5.28. The fourth-order valence-corrected chi connectivity index (χ4v) is 5.28. The smallest absolute Gasteiger partial charge is 0.352 e. The van der Waals surface area contributed by atoms with Crippen molar-refractivity contribution in [3.05, 3.63) is 71.6 Å². The number of hydrogen-bond donors (Lipinski definition) is 2. The summed E-state index contributed by atoms with van der Waals surface area (Å²) in [6, 6.07) is 15.2. The first-order valence-electron chi connectivity index (χ1n) is 13.4. The van der Waals surface area contributed by atoms with Crippen LogP contribution in [0.2, 0.25) is 0 Å². The van der Waals surface area contributed by atoms with Crippen molar-refractivity contribution in [2.75, 3.05) is 20.6 Å². The van der Waals surface area contributed by atoms with Crippen molar-refractivity contribution in [3.63, 3.8) is 0 Å². The van der Waals surface area contributed by atoms with Gasteiger partial charge in [0.1, 0.15) is 0 Å². The summed E-state index contributed by atoms with van der Waals surface area (Å²) in [7, 11) is 4.25. The lowest BCUT2D eigenvalue weighted by molar-refractivity contribution is -0.137. The van der Waals surface area contributed by atoms with Crippen LogP contribution in [-0.2, 0) is 17.4 Å². The molecular formula is C29H34F3N5O3. The standard InChI is InChI=1S/C29H34F3N5O3/c1-37(2)24(17-8-19-6-4-3-5-7-19)20-11-15-23(16-12-20)34-25(38)18-33-27(39)28-35-26(36-40-28)21-9-13-22(14-10-21)29(30,31)32/h3-7,9-10,13-14,20,23-24H,8,11-12,15-18H2,1-2H3,(H,33,39)(H,34,38). The maximum absolute atomic E-state index is 12.8. The van der Waals surface area contributed by atoms with E-state index in [1.807, 2.05) is 6.07 Å². The van der Waals surface area contributed by atoms with E-state index in [4.69, 9.17) is 4.52 Å². The second kappa shape index (κ2) is 13.1. The second-order valence-corrected chi connectivity index (χ2v) is 10.4. The fraction of sp³-hybridized carbons (Fsp3) is 0.448. The summed E-state index contributed by atoms with van der Waals surface area (Å²) in [5, 5.41) is 9.10. The molecule has 1 aliphatic carbocycles. The Labute approximate surface area is 231 Å². The molecule has 0 spiro atoms. The van der Waals surface area contributed by atoms with E-state index in [0.29, 0.717) is 12.0 Å². The first kappa shape index (κ1) is 29.3. The molecule has 40 heavy (non-hydrogen) atoms. The molecule has 214 valence electrons. The molecule has 0 saturated heterocycles. The summed E-state index contributed by atoms with van der Waals surface area (Å²) in [6.45, 7) is -0.256. The van der Waals surface area contributed by atoms with Crippen LogP contribution in [0.25, 0.3) is 11.4 Å². The number of nitrogens with one attached hydrogen (secondary N) is 2. The topological polar surface area (TPSA) is 100 Å². The van der Waals surface area contributed by atoms with Crippen molar-refractivity contribution in [1.29, 1.82) is 0 Å². The van der Waals surface area contributed by atoms with Crippen LogP contribution in [0.5, 0.6) is 0 Å². The molecule has 2 amide bonds. The van der Waals surface area contributed by atoms with Crippen LogP contribution in [0.3, 0.4) is 0 Å². The number of nitrogens with zero attached hydrogens (tertiary/aromatic N) is 3. The molecule has 1 aromatic heterocycles. The van der Waals surface area contributed by atoms with E-state index in [-0.39, 0.29) is 35.8 Å². The van der Waals surface area contributed by atoms with Gasteiger partial charge in [0, 0.05) is 17.6 Å². The number of aromatic nitrogens is 2. The van der Waals surface area contributed by atoms with E-state index < -0.39 is 17.6 Å². The van der Waals surface area contributed by atoms with Gasteiger partial charge in [-0.05, 0) is 76.2 Å². The number of halogens is 3. The molecule has 11 heteroatoms. The van der Waals surface area contributed by atoms with Crippen molar-refractivity contribution in [3.8, 4) is 11.4 Å². The molecule has 1 aliphatic rings. The molecule has 3 aromatic rings. The molecule has 0 bridgehead atoms. The number of aryl methyl sites for hydroxylation is 1. The molecule has 1 saturated carbocycles. The Morgan fingerprint density at radius 1 is 1.02 bits per heavy atom. The minimum atomic E-state index is -4.46. The first-order chi connectivity index (χ1) is 19.1. The maximum Gasteiger partial charge on any atom is 0.416 e. The molecule has 0 radical (unpaired) electrons. The Kier molecular flexibility index (Phi) is 9.57. The number of carbonyl (C=O) groups excluding carboxylic acids is 2. The Hall–Kier alpha value is -3.73. The normalized spacial score (nSPS) is 18.4. The maximum atomic E-state index is 12.8. The summed E-state index contributed by atoms with van der Waals surface area (Å²) in [4.78, 5) is 31.1. The van der Waals surface area contributed by atoms with Crippen molar-refractivity contribution >= 4 is 11.8 Å². The van der Waals surface area contributed by atoms with Gasteiger partial charge in [0.25, 0.3) is 0 Å². The van der Waals surface area contributed by atoms with Crippen molar-refractivity contribution in [1.82, 2.24) is 25.7 Å². The summed E-state index contributed by atoms with van der Waals surface area (Å²) < 4.78 is 43.2. The highest BCUT2D eigenvalue weighted by atomic mass is 19.4. The van der Waals surface area contributed by atoms with Gasteiger partial charge in [-0.3, -0.25) is 9.59 Å².